The van der Waals surface area contributed by atoms with Crippen LogP contribution >= 0.6 is 0 Å². The van der Waals surface area contributed by atoms with Crippen molar-refractivity contribution in [2.75, 3.05) is 12.4 Å². The van der Waals surface area contributed by atoms with Crippen LogP contribution in [0.5, 0.6) is 5.75 Å². The van der Waals surface area contributed by atoms with E-state index in [1.165, 1.54) is 7.11 Å². The fourth-order valence-electron chi connectivity index (χ4n) is 2.35. The minimum atomic E-state index is -0.275. The zero-order chi connectivity index (χ0) is 15.7. The molecule has 0 unspecified atom stereocenters. The number of aromatic nitrogens is 2. The summed E-state index contributed by atoms with van der Waals surface area (Å²) in [6.45, 7) is 1.86. The number of fused-ring (bicyclic) bond motifs is 1. The third-order valence-corrected chi connectivity index (χ3v) is 3.46. The molecule has 2 aromatic carbocycles. The maximum absolute atomic E-state index is 12.4. The predicted molar refractivity (Wildman–Crippen MR) is 84.6 cm³/mol. The maximum atomic E-state index is 12.4. The lowest BCUT2D eigenvalue weighted by atomic mass is 10.1. The number of aryl methyl sites for hydroxylation is 1. The predicted octanol–water partition coefficient (Wildman–Crippen LogP) is 2.43. The van der Waals surface area contributed by atoms with Crippen LogP contribution in [0.15, 0.2) is 41.2 Å². The molecule has 0 bridgehead atoms. The summed E-state index contributed by atoms with van der Waals surface area (Å²) in [5.74, 6) is 0.242. The summed E-state index contributed by atoms with van der Waals surface area (Å²) in [6, 6.07) is 10.5. The Morgan fingerprint density at radius 2 is 1.82 bits per heavy atom. The first kappa shape index (κ1) is 13.9. The van der Waals surface area contributed by atoms with Gasteiger partial charge < -0.3 is 20.0 Å². The lowest BCUT2D eigenvalue weighted by Gasteiger charge is -2.11. The van der Waals surface area contributed by atoms with Crippen LogP contribution in [0.3, 0.4) is 0 Å². The van der Waals surface area contributed by atoms with Crippen molar-refractivity contribution in [3.05, 3.63) is 58.0 Å². The number of carbonyl (C=O) groups excluding carboxylic acids is 1. The molecule has 6 nitrogen and oxygen atoms in total. The Hall–Kier alpha value is -3.02. The quantitative estimate of drug-likeness (QED) is 0.694. The Kier molecular flexibility index (Phi) is 3.42. The van der Waals surface area contributed by atoms with Crippen LogP contribution in [-0.4, -0.2) is 23.0 Å². The monoisotopic (exact) mass is 297 g/mol. The molecule has 0 saturated carbocycles. The summed E-state index contributed by atoms with van der Waals surface area (Å²) in [4.78, 5) is 29.1. The number of imidazole rings is 1. The first-order chi connectivity index (χ1) is 10.6. The summed E-state index contributed by atoms with van der Waals surface area (Å²) in [5.41, 5.74) is 3.02. The van der Waals surface area contributed by atoms with Crippen molar-refractivity contribution in [1.29, 1.82) is 0 Å². The number of nitrogens with one attached hydrogen (secondary N) is 3. The molecule has 1 aromatic heterocycles. The third kappa shape index (κ3) is 2.46. The number of methoxy groups -OCH3 is 1. The lowest BCUT2D eigenvalue weighted by molar-refractivity contribution is 0.102. The summed E-state index contributed by atoms with van der Waals surface area (Å²) in [7, 11) is 1.52. The van der Waals surface area contributed by atoms with Gasteiger partial charge in [0.2, 0.25) is 0 Å². The van der Waals surface area contributed by atoms with Crippen molar-refractivity contribution >= 4 is 22.6 Å². The van der Waals surface area contributed by atoms with Crippen LogP contribution < -0.4 is 15.7 Å². The molecular formula is C16H15N3O3. The van der Waals surface area contributed by atoms with Gasteiger partial charge in [-0.2, -0.15) is 0 Å². The van der Waals surface area contributed by atoms with E-state index >= 15 is 0 Å². The Bertz CT molecular complexity index is 908. The second-order valence-electron chi connectivity index (χ2n) is 4.95. The Morgan fingerprint density at radius 1 is 1.14 bits per heavy atom. The van der Waals surface area contributed by atoms with E-state index in [2.05, 4.69) is 15.3 Å². The van der Waals surface area contributed by atoms with Gasteiger partial charge in [0.05, 0.1) is 23.7 Å². The molecule has 0 fully saturated rings. The standard InChI is InChI=1S/C16H15N3O3/c1-9-7-12-13(19-16(21)18-12)8-11(9)17-15(20)10-5-3-4-6-14(10)22-2/h3-8H,1-2H3,(H,17,20)(H2,18,19,21). The first-order valence-corrected chi connectivity index (χ1v) is 6.75. The van der Waals surface area contributed by atoms with Gasteiger partial charge in [-0.3, -0.25) is 4.79 Å². The zero-order valence-corrected chi connectivity index (χ0v) is 12.2. The molecule has 1 heterocycles. The number of amides is 1. The molecule has 0 spiro atoms. The number of rotatable bonds is 3. The van der Waals surface area contributed by atoms with E-state index in [0.29, 0.717) is 28.0 Å². The van der Waals surface area contributed by atoms with E-state index in [1.807, 2.05) is 13.0 Å². The van der Waals surface area contributed by atoms with Gasteiger partial charge in [-0.25, -0.2) is 4.79 Å². The topological polar surface area (TPSA) is 87.0 Å². The van der Waals surface area contributed by atoms with Crippen molar-refractivity contribution in [2.45, 2.75) is 6.92 Å². The normalized spacial score (nSPS) is 10.6. The van der Waals surface area contributed by atoms with Gasteiger partial charge in [0.25, 0.3) is 5.91 Å². The van der Waals surface area contributed by atoms with Crippen molar-refractivity contribution in [1.82, 2.24) is 9.97 Å². The smallest absolute Gasteiger partial charge is 0.323 e. The second kappa shape index (κ2) is 5.40. The van der Waals surface area contributed by atoms with Gasteiger partial charge in [-0.05, 0) is 36.8 Å². The molecule has 0 atom stereocenters. The van der Waals surface area contributed by atoms with Crippen molar-refractivity contribution in [3.8, 4) is 5.75 Å². The number of H-pyrrole nitrogens is 2. The van der Waals surface area contributed by atoms with Crippen LogP contribution in [-0.2, 0) is 0 Å². The number of aromatic amines is 2. The van der Waals surface area contributed by atoms with E-state index in [-0.39, 0.29) is 11.6 Å². The lowest BCUT2D eigenvalue weighted by Crippen LogP contribution is -2.13. The van der Waals surface area contributed by atoms with E-state index in [9.17, 15) is 9.59 Å². The Labute approximate surface area is 126 Å². The Morgan fingerprint density at radius 3 is 2.55 bits per heavy atom. The Balaban J connectivity index is 1.97. The molecule has 6 heteroatoms. The molecule has 3 N–H and O–H groups in total. The van der Waals surface area contributed by atoms with Gasteiger partial charge >= 0.3 is 5.69 Å². The van der Waals surface area contributed by atoms with E-state index in [0.717, 1.165) is 5.56 Å². The van der Waals surface area contributed by atoms with Gasteiger partial charge in [0.1, 0.15) is 5.75 Å². The molecule has 3 rings (SSSR count). The molecular weight excluding hydrogens is 282 g/mol. The number of benzene rings is 2. The molecule has 22 heavy (non-hydrogen) atoms. The van der Waals surface area contributed by atoms with Gasteiger partial charge in [0, 0.05) is 5.69 Å². The van der Waals surface area contributed by atoms with E-state index in [1.54, 1.807) is 30.3 Å². The molecule has 0 aliphatic heterocycles. The largest absolute Gasteiger partial charge is 0.496 e. The van der Waals surface area contributed by atoms with Crippen LogP contribution in [0.4, 0.5) is 5.69 Å². The summed E-state index contributed by atoms with van der Waals surface area (Å²) < 4.78 is 5.19. The molecule has 112 valence electrons. The SMILES string of the molecule is COc1ccccc1C(=O)Nc1cc2[nH]c(=O)[nH]c2cc1C. The highest BCUT2D eigenvalue weighted by Crippen LogP contribution is 2.23. The molecule has 0 radical (unpaired) electrons. The van der Waals surface area contributed by atoms with Crippen LogP contribution in [0.2, 0.25) is 0 Å². The minimum absolute atomic E-state index is 0.266. The van der Waals surface area contributed by atoms with Crippen LogP contribution in [0.25, 0.3) is 11.0 Å². The fourth-order valence-corrected chi connectivity index (χ4v) is 2.35. The zero-order valence-electron chi connectivity index (χ0n) is 12.2. The van der Waals surface area contributed by atoms with Gasteiger partial charge in [0.15, 0.2) is 0 Å². The third-order valence-electron chi connectivity index (χ3n) is 3.46. The van der Waals surface area contributed by atoms with Gasteiger partial charge in [-0.1, -0.05) is 12.1 Å². The highest BCUT2D eigenvalue weighted by atomic mass is 16.5. The summed E-state index contributed by atoms with van der Waals surface area (Å²) in [5, 5.41) is 2.85. The maximum Gasteiger partial charge on any atom is 0.323 e. The molecule has 3 aromatic rings. The molecule has 0 aliphatic rings. The number of para-hydroxylation sites is 1. The van der Waals surface area contributed by atoms with Crippen molar-refractivity contribution in [3.63, 3.8) is 0 Å². The number of hydrogen-bond donors (Lipinski definition) is 3. The summed E-state index contributed by atoms with van der Waals surface area (Å²) in [6.07, 6.45) is 0. The number of hydrogen-bond acceptors (Lipinski definition) is 3. The number of carbonyl (C=O) groups is 1. The second-order valence-corrected chi connectivity index (χ2v) is 4.95. The van der Waals surface area contributed by atoms with Crippen LogP contribution in [0.1, 0.15) is 15.9 Å². The van der Waals surface area contributed by atoms with E-state index < -0.39 is 0 Å². The highest BCUT2D eigenvalue weighted by molar-refractivity contribution is 6.07. The first-order valence-electron chi connectivity index (χ1n) is 6.75. The number of ether oxygens (including phenoxy) is 1. The van der Waals surface area contributed by atoms with Gasteiger partial charge in [-0.15, -0.1) is 0 Å². The molecule has 1 amide bonds. The average molecular weight is 297 g/mol. The molecule has 0 saturated heterocycles. The minimum Gasteiger partial charge on any atom is -0.496 e. The van der Waals surface area contributed by atoms with E-state index in [4.69, 9.17) is 4.74 Å². The molecule has 0 aliphatic carbocycles. The summed E-state index contributed by atoms with van der Waals surface area (Å²) >= 11 is 0. The van der Waals surface area contributed by atoms with Crippen molar-refractivity contribution in [2.24, 2.45) is 0 Å². The van der Waals surface area contributed by atoms with Crippen molar-refractivity contribution < 1.29 is 9.53 Å². The highest BCUT2D eigenvalue weighted by Gasteiger charge is 2.13. The average Bonchev–Trinajstić information content (AvgIpc) is 2.86. The fraction of sp³-hybridized carbons (Fsp3) is 0.125. The number of anilines is 1. The van der Waals surface area contributed by atoms with Crippen LogP contribution in [0, 0.1) is 6.92 Å².